The Morgan fingerprint density at radius 3 is 2.57 bits per heavy atom. The quantitative estimate of drug-likeness (QED) is 0.757. The van der Waals surface area contributed by atoms with Gasteiger partial charge in [-0.15, -0.1) is 0 Å². The fourth-order valence-corrected chi connectivity index (χ4v) is 1.57. The summed E-state index contributed by atoms with van der Waals surface area (Å²) in [6.07, 6.45) is 2.11. The molecule has 3 heteroatoms. The second kappa shape index (κ2) is 5.81. The first-order valence-corrected chi connectivity index (χ1v) is 5.49. The molecule has 1 rings (SSSR count). The molecule has 0 bridgehead atoms. The predicted octanol–water partition coefficient (Wildman–Crippen LogP) is 3.24. The van der Waals surface area contributed by atoms with Crippen LogP contribution in [0.3, 0.4) is 0 Å². The Hall–Kier alpha value is -0.830. The molecule has 14 heavy (non-hydrogen) atoms. The van der Waals surface area contributed by atoms with Crippen LogP contribution in [0.4, 0.5) is 0 Å². The van der Waals surface area contributed by atoms with Crippen LogP contribution in [0, 0.1) is 0 Å². The molecule has 2 nitrogen and oxygen atoms in total. The number of hydrogen-bond acceptors (Lipinski definition) is 1. The summed E-state index contributed by atoms with van der Waals surface area (Å²) in [7, 11) is 0. The van der Waals surface area contributed by atoms with Crippen molar-refractivity contribution in [3.63, 3.8) is 0 Å². The Morgan fingerprint density at radius 2 is 2.00 bits per heavy atom. The van der Waals surface area contributed by atoms with Gasteiger partial charge in [0.2, 0.25) is 0 Å². The van der Waals surface area contributed by atoms with Gasteiger partial charge in [0.25, 0.3) is 5.91 Å². The molecular weight excluding hydrogens is 242 g/mol. The Morgan fingerprint density at radius 1 is 1.36 bits per heavy atom. The number of benzene rings is 1. The van der Waals surface area contributed by atoms with E-state index in [1.807, 2.05) is 30.3 Å². The minimum absolute atomic E-state index is 0.0269. The highest BCUT2D eigenvalue weighted by Crippen LogP contribution is 2.09. The van der Waals surface area contributed by atoms with E-state index in [-0.39, 0.29) is 5.91 Å². The number of amides is 1. The first kappa shape index (κ1) is 11.2. The van der Waals surface area contributed by atoms with Crippen LogP contribution in [-0.4, -0.2) is 16.4 Å². The molecule has 0 N–H and O–H groups in total. The van der Waals surface area contributed by atoms with E-state index in [0.717, 1.165) is 24.9 Å². The minimum atomic E-state index is 0.0269. The van der Waals surface area contributed by atoms with Crippen LogP contribution in [0.5, 0.6) is 0 Å². The van der Waals surface area contributed by atoms with Crippen molar-refractivity contribution in [2.24, 2.45) is 0 Å². The Bertz CT molecular complexity index is 287. The third-order valence-electron chi connectivity index (χ3n) is 1.95. The summed E-state index contributed by atoms with van der Waals surface area (Å²) >= 11 is 3.26. The fourth-order valence-electron chi connectivity index (χ4n) is 1.12. The highest BCUT2D eigenvalue weighted by molar-refractivity contribution is 9.07. The molecule has 0 aromatic heterocycles. The van der Waals surface area contributed by atoms with Crippen molar-refractivity contribution < 1.29 is 4.79 Å². The van der Waals surface area contributed by atoms with Gasteiger partial charge >= 0.3 is 0 Å². The molecule has 0 saturated carbocycles. The lowest BCUT2D eigenvalue weighted by molar-refractivity contribution is 0.0878. The van der Waals surface area contributed by atoms with Gasteiger partial charge in [-0.2, -0.15) is 0 Å². The van der Waals surface area contributed by atoms with Gasteiger partial charge in [-0.3, -0.25) is 8.72 Å². The predicted molar refractivity (Wildman–Crippen MR) is 61.3 cm³/mol. The highest BCUT2D eigenvalue weighted by atomic mass is 79.9. The van der Waals surface area contributed by atoms with E-state index in [4.69, 9.17) is 0 Å². The zero-order chi connectivity index (χ0) is 10.4. The van der Waals surface area contributed by atoms with E-state index in [1.165, 1.54) is 0 Å². The van der Waals surface area contributed by atoms with Crippen LogP contribution in [-0.2, 0) is 0 Å². The number of halogens is 1. The van der Waals surface area contributed by atoms with Crippen molar-refractivity contribution in [2.45, 2.75) is 19.8 Å². The molecule has 0 radical (unpaired) electrons. The summed E-state index contributed by atoms with van der Waals surface area (Å²) in [5.74, 6) is 0.0269. The maximum Gasteiger partial charge on any atom is 0.263 e. The average molecular weight is 256 g/mol. The number of carbonyl (C=O) groups excluding carboxylic acids is 1. The van der Waals surface area contributed by atoms with E-state index in [9.17, 15) is 4.79 Å². The number of rotatable bonds is 4. The van der Waals surface area contributed by atoms with Crippen LogP contribution in [0.2, 0.25) is 0 Å². The lowest BCUT2D eigenvalue weighted by Crippen LogP contribution is -2.21. The molecule has 0 saturated heterocycles. The molecule has 0 unspecified atom stereocenters. The maximum absolute atomic E-state index is 11.7. The zero-order valence-electron chi connectivity index (χ0n) is 8.24. The van der Waals surface area contributed by atoms with Crippen molar-refractivity contribution in [1.29, 1.82) is 0 Å². The summed E-state index contributed by atoms with van der Waals surface area (Å²) in [5, 5.41) is 0. The van der Waals surface area contributed by atoms with Gasteiger partial charge in [0.15, 0.2) is 0 Å². The van der Waals surface area contributed by atoms with Crippen LogP contribution in [0.1, 0.15) is 30.1 Å². The molecule has 76 valence electrons. The standard InChI is InChI=1S/C11H14BrNO/c1-2-3-9-13(12)11(14)10-7-5-4-6-8-10/h4-8H,2-3,9H2,1H3. The number of nitrogens with zero attached hydrogens (tertiary/aromatic N) is 1. The largest absolute Gasteiger partial charge is 0.275 e. The Kier molecular flexibility index (Phi) is 4.66. The van der Waals surface area contributed by atoms with Gasteiger partial charge in [-0.1, -0.05) is 31.5 Å². The zero-order valence-corrected chi connectivity index (χ0v) is 9.83. The number of unbranched alkanes of at least 4 members (excludes halogenated alkanes) is 1. The van der Waals surface area contributed by atoms with Gasteiger partial charge in [0.05, 0.1) is 16.1 Å². The molecule has 0 spiro atoms. The summed E-state index contributed by atoms with van der Waals surface area (Å²) in [4.78, 5) is 11.7. The Labute approximate surface area is 93.3 Å². The van der Waals surface area contributed by atoms with Gasteiger partial charge in [-0.25, -0.2) is 0 Å². The van der Waals surface area contributed by atoms with Gasteiger partial charge in [0, 0.05) is 12.1 Å². The van der Waals surface area contributed by atoms with Crippen molar-refractivity contribution in [3.05, 3.63) is 35.9 Å². The van der Waals surface area contributed by atoms with E-state index in [1.54, 1.807) is 3.93 Å². The summed E-state index contributed by atoms with van der Waals surface area (Å²) in [6, 6.07) is 9.29. The molecule has 1 aromatic rings. The highest BCUT2D eigenvalue weighted by Gasteiger charge is 2.11. The normalized spacial score (nSPS) is 9.86. The van der Waals surface area contributed by atoms with E-state index in [2.05, 4.69) is 23.1 Å². The number of carbonyl (C=O) groups is 1. The second-order valence-corrected chi connectivity index (χ2v) is 3.97. The van der Waals surface area contributed by atoms with Crippen molar-refractivity contribution in [3.8, 4) is 0 Å². The molecule has 0 heterocycles. The lowest BCUT2D eigenvalue weighted by atomic mass is 10.2. The number of hydrogen-bond donors (Lipinski definition) is 0. The fraction of sp³-hybridized carbons (Fsp3) is 0.364. The van der Waals surface area contributed by atoms with Gasteiger partial charge < -0.3 is 0 Å². The summed E-state index contributed by atoms with van der Waals surface area (Å²) < 4.78 is 1.59. The second-order valence-electron chi connectivity index (χ2n) is 3.11. The molecule has 0 aliphatic carbocycles. The molecule has 0 aliphatic rings. The van der Waals surface area contributed by atoms with Crippen LogP contribution in [0.15, 0.2) is 30.3 Å². The van der Waals surface area contributed by atoms with E-state index in [0.29, 0.717) is 0 Å². The molecule has 0 atom stereocenters. The van der Waals surface area contributed by atoms with Crippen molar-refractivity contribution in [1.82, 2.24) is 3.93 Å². The minimum Gasteiger partial charge on any atom is -0.275 e. The average Bonchev–Trinajstić information content (AvgIpc) is 2.26. The molecular formula is C11H14BrNO. The molecule has 0 aliphatic heterocycles. The van der Waals surface area contributed by atoms with E-state index < -0.39 is 0 Å². The molecule has 0 fully saturated rings. The summed E-state index contributed by atoms with van der Waals surface area (Å²) in [5.41, 5.74) is 0.723. The monoisotopic (exact) mass is 255 g/mol. The van der Waals surface area contributed by atoms with Gasteiger partial charge in [-0.05, 0) is 18.6 Å². The van der Waals surface area contributed by atoms with Crippen molar-refractivity contribution >= 4 is 22.1 Å². The Balaban J connectivity index is 2.57. The van der Waals surface area contributed by atoms with Crippen LogP contribution >= 0.6 is 16.1 Å². The van der Waals surface area contributed by atoms with Gasteiger partial charge in [0.1, 0.15) is 0 Å². The van der Waals surface area contributed by atoms with Crippen LogP contribution < -0.4 is 0 Å². The molecule has 1 aromatic carbocycles. The third-order valence-corrected chi connectivity index (χ3v) is 2.63. The van der Waals surface area contributed by atoms with Crippen LogP contribution in [0.25, 0.3) is 0 Å². The SMILES string of the molecule is CCCCN(Br)C(=O)c1ccccc1. The molecule has 1 amide bonds. The lowest BCUT2D eigenvalue weighted by Gasteiger charge is -2.13. The summed E-state index contributed by atoms with van der Waals surface area (Å²) in [6.45, 7) is 2.86. The first-order chi connectivity index (χ1) is 6.75. The third kappa shape index (κ3) is 3.14. The topological polar surface area (TPSA) is 20.3 Å². The smallest absolute Gasteiger partial charge is 0.263 e. The first-order valence-electron chi connectivity index (χ1n) is 4.78. The maximum atomic E-state index is 11.7. The van der Waals surface area contributed by atoms with Crippen molar-refractivity contribution in [2.75, 3.05) is 6.54 Å². The van der Waals surface area contributed by atoms with E-state index >= 15 is 0 Å².